The molecular formula is C85H92ClF7K2N18O11. The van der Waals surface area contributed by atoms with Crippen molar-refractivity contribution in [1.82, 2.24) is 75.1 Å². The smallest absolute Gasteiger partial charge is 1.00 e. The zero-order chi connectivity index (χ0) is 84.8. The zero-order valence-electron chi connectivity index (χ0n) is 69.7. The maximum absolute atomic E-state index is 13.7. The van der Waals surface area contributed by atoms with Crippen LogP contribution in [-0.4, -0.2) is 227 Å². The number of likely N-dealkylation sites (tertiary alicyclic amines) is 4. The molecule has 12 aliphatic heterocycles. The molecule has 0 radical (unpaired) electrons. The predicted molar refractivity (Wildman–Crippen MR) is 428 cm³/mol. The molecule has 12 aliphatic rings. The molecule has 124 heavy (non-hydrogen) atoms. The molecule has 29 nitrogen and oxygen atoms in total. The van der Waals surface area contributed by atoms with E-state index in [1.165, 1.54) is 36.1 Å². The molecule has 2 atom stereocenters. The van der Waals surface area contributed by atoms with Gasteiger partial charge in [0.1, 0.15) is 29.6 Å². The summed E-state index contributed by atoms with van der Waals surface area (Å²) in [6.07, 6.45) is 5.49. The SMILES string of the molecule is Cl.FC(F)(F)c1nnc2n1N=C(N1CCC(c3ccc(C#CC4CCN(C5CCNCC5)CC4)cc3)CC1)CC2.O=C1CCC(N2C(=O)c3cccc(F)c3C2=O)C(=O)N1.O=C1CCC(N2C(=O)c3cccc(N4CCC(N5CCC(C#Cc6ccc(C7CCN(C8=Nn9c(nnc9C(F)(F)F)CC8)CC7)cc6)CC5)CC4)c3C2=O)C(=O)N1.O=CO[O-].[H-].[K+].[K+]. The van der Waals surface area contributed by atoms with Gasteiger partial charge in [0, 0.05) is 113 Å². The fourth-order valence-electron chi connectivity index (χ4n) is 18.4. The molecule has 8 amide bonds. The Bertz CT molecular complexity index is 5150. The van der Waals surface area contributed by atoms with Crippen LogP contribution in [0.2, 0.25) is 0 Å². The number of alkyl halides is 6. The van der Waals surface area contributed by atoms with Gasteiger partial charge in [0.2, 0.25) is 23.6 Å². The average Bonchev–Trinajstić information content (AvgIpc) is 1.60. The van der Waals surface area contributed by atoms with Crippen LogP contribution < -0.4 is 129 Å². The first kappa shape index (κ1) is 95.1. The second kappa shape index (κ2) is 42.3. The summed E-state index contributed by atoms with van der Waals surface area (Å²) in [4.78, 5) is 123. The quantitative estimate of drug-likeness (QED) is 0.0371. The molecule has 0 aliphatic carbocycles. The molecule has 646 valence electrons. The van der Waals surface area contributed by atoms with Crippen LogP contribution in [-0.2, 0) is 54.1 Å². The monoisotopic (exact) mass is 1790 g/mol. The number of benzene rings is 4. The van der Waals surface area contributed by atoms with Crippen LogP contribution in [0.5, 0.6) is 0 Å². The summed E-state index contributed by atoms with van der Waals surface area (Å²) in [5.74, 6) is 9.76. The first-order valence-corrected chi connectivity index (χ1v) is 41.3. The van der Waals surface area contributed by atoms with Crippen molar-refractivity contribution in [2.45, 2.75) is 177 Å². The first-order chi connectivity index (χ1) is 58.4. The van der Waals surface area contributed by atoms with Gasteiger partial charge in [0.05, 0.1) is 27.9 Å². The van der Waals surface area contributed by atoms with E-state index in [0.29, 0.717) is 78.2 Å². The Hall–Kier alpha value is -8.04. The van der Waals surface area contributed by atoms with Crippen LogP contribution >= 0.6 is 12.4 Å². The number of amidine groups is 2. The topological polar surface area (TPSA) is 331 Å². The Morgan fingerprint density at radius 3 is 1.26 bits per heavy atom. The number of nitrogens with zero attached hydrogens (tertiary/aromatic N) is 15. The fourth-order valence-corrected chi connectivity index (χ4v) is 18.4. The van der Waals surface area contributed by atoms with Crippen molar-refractivity contribution in [2.75, 3.05) is 83.4 Å². The molecule has 8 saturated heterocycles. The number of aryl methyl sites for hydroxylation is 2. The number of nitrogens with one attached hydrogen (secondary N) is 3. The van der Waals surface area contributed by atoms with Crippen molar-refractivity contribution in [2.24, 2.45) is 22.0 Å². The molecule has 18 rings (SSSR count). The Morgan fingerprint density at radius 1 is 0.460 bits per heavy atom. The largest absolute Gasteiger partial charge is 1.00 e. The predicted octanol–water partition coefficient (Wildman–Crippen LogP) is 1.72. The molecule has 3 N–H and O–H groups in total. The van der Waals surface area contributed by atoms with Crippen molar-refractivity contribution in [3.8, 4) is 23.7 Å². The zero-order valence-corrected chi connectivity index (χ0v) is 75.7. The van der Waals surface area contributed by atoms with E-state index in [0.717, 1.165) is 191 Å². The number of carbonyl (C=O) groups excluding carboxylic acids is 9. The van der Waals surface area contributed by atoms with Gasteiger partial charge in [0.25, 0.3) is 41.7 Å². The number of rotatable bonds is 8. The van der Waals surface area contributed by atoms with E-state index in [9.17, 15) is 69.1 Å². The number of piperidine rings is 8. The van der Waals surface area contributed by atoms with Gasteiger partial charge >= 0.3 is 115 Å². The Morgan fingerprint density at radius 2 is 0.855 bits per heavy atom. The van der Waals surface area contributed by atoms with Gasteiger partial charge in [-0.3, -0.25) is 63.6 Å². The second-order valence-corrected chi connectivity index (χ2v) is 32.1. The van der Waals surface area contributed by atoms with Crippen LogP contribution in [0.3, 0.4) is 0 Å². The van der Waals surface area contributed by atoms with Crippen LogP contribution in [0, 0.1) is 41.3 Å². The maximum atomic E-state index is 13.7. The summed E-state index contributed by atoms with van der Waals surface area (Å²) in [5.41, 5.74) is 5.62. The van der Waals surface area contributed by atoms with Crippen LogP contribution in [0.15, 0.2) is 95.1 Å². The van der Waals surface area contributed by atoms with Gasteiger partial charge in [-0.25, -0.2) is 4.39 Å². The minimum atomic E-state index is -4.60. The van der Waals surface area contributed by atoms with Gasteiger partial charge in [0.15, 0.2) is 11.6 Å². The first-order valence-electron chi connectivity index (χ1n) is 41.3. The number of aromatic nitrogens is 6. The number of fused-ring (bicyclic) bond motifs is 4. The number of halogens is 8. The van der Waals surface area contributed by atoms with Crippen molar-refractivity contribution in [3.05, 3.63) is 159 Å². The standard InChI is InChI=1S/C42H44F3N9O4.C29H36F3N7.C13H9FN2O4.CH2O3.ClH.2K.H/c43-42(44,45)41-48-47-34-11-12-35(49-54(34)41)52-22-16-29(17-23-52)28-8-6-26(7-9-28)4-5-27-14-20-50(21-15-27)30-18-24-51(25-19-30)32-3-1-2-31-37(32)40(58)53(39(31)57)33-10-13-36(55)46-38(33)56;30-29(31,32)28-35-34-26-7-8-27(36-39(26)28)38-19-13-24(14-20-38)23-5-3-21(4-6-23)1-2-22-11-17-37(18-12-22)25-9-15-33-16-10-25;14-7-3-1-2-6-10(7)13(20)16(12(6)19)8-4-5-9(17)15-11(8)18;2-1-4-3;;;;/h1-3,6-9,27,29-30,33H,10-25H2,(H,46,55,56);3-6,22,24-25,33H,7-20H2;1-3,8H,4-5H2,(H,15,17,18);1,3H;1H;;;/q;;;;;2*+1;-1/p-1. The van der Waals surface area contributed by atoms with Gasteiger partial charge in [-0.1, -0.05) is 60.1 Å². The third-order valence-corrected chi connectivity index (χ3v) is 24.9. The molecule has 0 bridgehead atoms. The van der Waals surface area contributed by atoms with Crippen molar-refractivity contribution in [3.63, 3.8) is 0 Å². The second-order valence-electron chi connectivity index (χ2n) is 32.1. The normalized spacial score (nSPS) is 21.3. The van der Waals surface area contributed by atoms with Crippen molar-refractivity contribution < 1.29 is 188 Å². The van der Waals surface area contributed by atoms with Gasteiger partial charge in [-0.15, -0.1) is 32.8 Å². The summed E-state index contributed by atoms with van der Waals surface area (Å²) in [6.45, 7) is 10.9. The average molecular weight is 1790 g/mol. The van der Waals surface area contributed by atoms with E-state index >= 15 is 0 Å². The van der Waals surface area contributed by atoms with E-state index in [1.807, 2.05) is 6.07 Å². The summed E-state index contributed by atoms with van der Waals surface area (Å²) in [7, 11) is 0. The minimum Gasteiger partial charge on any atom is -1.00 e. The number of imide groups is 4. The third kappa shape index (κ3) is 21.7. The Kier molecular flexibility index (Phi) is 32.4. The van der Waals surface area contributed by atoms with Crippen molar-refractivity contribution in [1.29, 1.82) is 0 Å². The number of anilines is 1. The molecule has 2 aromatic heterocycles. The van der Waals surface area contributed by atoms with E-state index < -0.39 is 89.2 Å². The van der Waals surface area contributed by atoms with Gasteiger partial charge in [-0.05, 0) is 201 Å². The number of hydrogen-bond acceptors (Lipinski definition) is 23. The van der Waals surface area contributed by atoms with Gasteiger partial charge < -0.3 is 41.4 Å². The summed E-state index contributed by atoms with van der Waals surface area (Å²) in [5, 5.41) is 38.8. The summed E-state index contributed by atoms with van der Waals surface area (Å²) >= 11 is 0. The molecule has 4 aromatic carbocycles. The van der Waals surface area contributed by atoms with E-state index in [2.05, 4.69) is 148 Å². The minimum absolute atomic E-state index is 0. The van der Waals surface area contributed by atoms with Crippen LogP contribution in [0.25, 0.3) is 0 Å². The summed E-state index contributed by atoms with van der Waals surface area (Å²) < 4.78 is 95.3. The van der Waals surface area contributed by atoms with Crippen LogP contribution in [0.4, 0.5) is 36.4 Å². The third-order valence-electron chi connectivity index (χ3n) is 24.9. The van der Waals surface area contributed by atoms with Crippen LogP contribution in [0.1, 0.15) is 216 Å². The van der Waals surface area contributed by atoms with E-state index in [-0.39, 0.29) is 172 Å². The summed E-state index contributed by atoms with van der Waals surface area (Å²) in [6, 6.07) is 25.3. The Balaban J connectivity index is 0.000000195. The molecule has 0 spiro atoms. The number of carbonyl (C=O) groups is 9. The molecule has 8 fully saturated rings. The van der Waals surface area contributed by atoms with E-state index in [4.69, 9.17) is 10.1 Å². The van der Waals surface area contributed by atoms with Crippen molar-refractivity contribution >= 4 is 83.5 Å². The molecule has 0 saturated carbocycles. The Labute approximate surface area is 803 Å². The maximum Gasteiger partial charge on any atom is 1.00 e. The molecule has 6 aromatic rings. The molecule has 39 heteroatoms. The number of hydrogen-bond donors (Lipinski definition) is 3. The molecule has 14 heterocycles. The van der Waals surface area contributed by atoms with Gasteiger partial charge in [-0.2, -0.15) is 45.9 Å². The van der Waals surface area contributed by atoms with E-state index in [1.54, 1.807) is 12.1 Å². The number of amides is 8. The molecule has 2 unspecified atom stereocenters. The fraction of sp³-hybridized carbons (Fsp3) is 0.494. The molecular weight excluding hydrogens is 1700 g/mol.